The highest BCUT2D eigenvalue weighted by atomic mass is 16.7. The van der Waals surface area contributed by atoms with Crippen LogP contribution in [-0.4, -0.2) is 29.4 Å². The first-order valence-corrected chi connectivity index (χ1v) is 8.84. The van der Waals surface area contributed by atoms with Gasteiger partial charge >= 0.3 is 11.9 Å². The average molecular weight is 372 g/mol. The second kappa shape index (κ2) is 8.48. The molecule has 1 heterocycles. The third kappa shape index (κ3) is 4.52. The summed E-state index contributed by atoms with van der Waals surface area (Å²) in [6, 6.07) is 11.6. The minimum atomic E-state index is -0.909. The molecule has 3 rings (SSSR count). The summed E-state index contributed by atoms with van der Waals surface area (Å²) >= 11 is 0. The summed E-state index contributed by atoms with van der Waals surface area (Å²) < 4.78 is 9.83. The number of amides is 1. The van der Waals surface area contributed by atoms with Gasteiger partial charge in [-0.25, -0.2) is 4.79 Å². The molecule has 0 aliphatic heterocycles. The van der Waals surface area contributed by atoms with Crippen LogP contribution < -0.4 is 4.90 Å². The summed E-state index contributed by atoms with van der Waals surface area (Å²) in [6.07, 6.45) is 5.06. The number of para-hydroxylation sites is 1. The van der Waals surface area contributed by atoms with E-state index in [2.05, 4.69) is 0 Å². The van der Waals surface area contributed by atoms with E-state index in [-0.39, 0.29) is 17.7 Å². The van der Waals surface area contributed by atoms with Crippen molar-refractivity contribution < 1.29 is 23.7 Å². The summed E-state index contributed by atoms with van der Waals surface area (Å²) in [5.74, 6) is -2.10. The van der Waals surface area contributed by atoms with E-state index in [1.54, 1.807) is 4.90 Å². The highest BCUT2D eigenvalue weighted by Crippen LogP contribution is 2.27. The van der Waals surface area contributed by atoms with Crippen LogP contribution in [-0.2, 0) is 9.53 Å². The number of ether oxygens (including phenoxy) is 1. The quantitative estimate of drug-likeness (QED) is 0.435. The molecule has 0 N–H and O–H groups in total. The molecule has 0 radical (unpaired) electrons. The van der Waals surface area contributed by atoms with Gasteiger partial charge in [0.15, 0.2) is 6.61 Å². The predicted octanol–water partition coefficient (Wildman–Crippen LogP) is 3.71. The van der Waals surface area contributed by atoms with Gasteiger partial charge in [-0.2, -0.15) is 0 Å². The van der Waals surface area contributed by atoms with Gasteiger partial charge in [0.2, 0.25) is 5.76 Å². The van der Waals surface area contributed by atoms with Crippen LogP contribution >= 0.6 is 0 Å². The zero-order chi connectivity index (χ0) is 19.2. The normalized spacial score (nSPS) is 14.5. The molecule has 8 heteroatoms. The van der Waals surface area contributed by atoms with E-state index in [1.165, 1.54) is 0 Å². The largest absolute Gasteiger partial charge is 0.450 e. The fourth-order valence-corrected chi connectivity index (χ4v) is 3.29. The molecule has 0 saturated heterocycles. The Morgan fingerprint density at radius 2 is 1.81 bits per heavy atom. The number of nitro groups is 1. The third-order valence-electron chi connectivity index (χ3n) is 4.54. The third-order valence-corrected chi connectivity index (χ3v) is 4.54. The van der Waals surface area contributed by atoms with Gasteiger partial charge in [-0.15, -0.1) is 0 Å². The fourth-order valence-electron chi connectivity index (χ4n) is 3.29. The molecule has 1 aliphatic rings. The number of benzene rings is 1. The lowest BCUT2D eigenvalue weighted by Gasteiger charge is -2.34. The van der Waals surface area contributed by atoms with Crippen molar-refractivity contribution in [3.8, 4) is 0 Å². The van der Waals surface area contributed by atoms with Crippen LogP contribution in [0, 0.1) is 10.1 Å². The maximum Gasteiger partial charge on any atom is 0.433 e. The lowest BCUT2D eigenvalue weighted by atomic mass is 9.93. The van der Waals surface area contributed by atoms with Crippen molar-refractivity contribution in [3.05, 3.63) is 58.3 Å². The second-order valence-electron chi connectivity index (χ2n) is 6.36. The molecule has 0 spiro atoms. The highest BCUT2D eigenvalue weighted by Gasteiger charge is 2.28. The summed E-state index contributed by atoms with van der Waals surface area (Å²) in [5.41, 5.74) is 0.763. The molecule has 1 aromatic heterocycles. The molecular formula is C19H20N2O6. The summed E-state index contributed by atoms with van der Waals surface area (Å²) in [4.78, 5) is 36.4. The van der Waals surface area contributed by atoms with Gasteiger partial charge in [0, 0.05) is 11.7 Å². The van der Waals surface area contributed by atoms with Gasteiger partial charge in [-0.1, -0.05) is 37.5 Å². The highest BCUT2D eigenvalue weighted by molar-refractivity contribution is 5.97. The first kappa shape index (κ1) is 18.6. The SMILES string of the molecule is O=C(OCC(=O)N(c1ccccc1)C1CCCCC1)c1ccc([N+](=O)[O-])o1. The fraction of sp³-hybridized carbons (Fsp3) is 0.368. The molecule has 0 unspecified atom stereocenters. The maximum absolute atomic E-state index is 12.8. The summed E-state index contributed by atoms with van der Waals surface area (Å²) in [7, 11) is 0. The lowest BCUT2D eigenvalue weighted by Crippen LogP contribution is -2.43. The molecular weight excluding hydrogens is 352 g/mol. The van der Waals surface area contributed by atoms with Crippen molar-refractivity contribution >= 4 is 23.4 Å². The molecule has 1 aliphatic carbocycles. The molecule has 1 aromatic carbocycles. The molecule has 8 nitrogen and oxygen atoms in total. The van der Waals surface area contributed by atoms with Crippen molar-refractivity contribution in [1.82, 2.24) is 0 Å². The van der Waals surface area contributed by atoms with E-state index < -0.39 is 23.4 Å². The van der Waals surface area contributed by atoms with Crippen LogP contribution in [0.1, 0.15) is 42.7 Å². The first-order valence-electron chi connectivity index (χ1n) is 8.84. The van der Waals surface area contributed by atoms with Gasteiger partial charge in [-0.3, -0.25) is 14.9 Å². The molecule has 142 valence electrons. The number of hydrogen-bond acceptors (Lipinski definition) is 6. The van der Waals surface area contributed by atoms with E-state index in [0.29, 0.717) is 0 Å². The minimum absolute atomic E-state index is 0.0667. The summed E-state index contributed by atoms with van der Waals surface area (Å²) in [6.45, 7) is -0.460. The van der Waals surface area contributed by atoms with Crippen molar-refractivity contribution in [2.24, 2.45) is 0 Å². The van der Waals surface area contributed by atoms with Gasteiger partial charge < -0.3 is 14.1 Å². The number of hydrogen-bond donors (Lipinski definition) is 0. The van der Waals surface area contributed by atoms with Gasteiger partial charge in [0.25, 0.3) is 5.91 Å². The van der Waals surface area contributed by atoms with Crippen molar-refractivity contribution in [2.75, 3.05) is 11.5 Å². The van der Waals surface area contributed by atoms with E-state index in [1.807, 2.05) is 30.3 Å². The van der Waals surface area contributed by atoms with E-state index >= 15 is 0 Å². The monoisotopic (exact) mass is 372 g/mol. The van der Waals surface area contributed by atoms with Crippen LogP contribution in [0.25, 0.3) is 0 Å². The number of rotatable bonds is 6. The van der Waals surface area contributed by atoms with Crippen LogP contribution in [0.15, 0.2) is 46.9 Å². The van der Waals surface area contributed by atoms with Crippen LogP contribution in [0.5, 0.6) is 0 Å². The average Bonchev–Trinajstić information content (AvgIpc) is 3.19. The smallest absolute Gasteiger partial charge is 0.433 e. The Balaban J connectivity index is 1.68. The topological polar surface area (TPSA) is 103 Å². The number of nitrogens with zero attached hydrogens (tertiary/aromatic N) is 2. The molecule has 1 amide bonds. The first-order chi connectivity index (χ1) is 13.1. The second-order valence-corrected chi connectivity index (χ2v) is 6.36. The number of furan rings is 1. The molecule has 0 atom stereocenters. The number of esters is 1. The van der Waals surface area contributed by atoms with E-state index in [0.717, 1.165) is 49.9 Å². The van der Waals surface area contributed by atoms with Gasteiger partial charge in [0.1, 0.15) is 4.92 Å². The van der Waals surface area contributed by atoms with Gasteiger partial charge in [0.05, 0.1) is 6.07 Å². The molecule has 1 saturated carbocycles. The Hall–Kier alpha value is -3.16. The lowest BCUT2D eigenvalue weighted by molar-refractivity contribution is -0.402. The van der Waals surface area contributed by atoms with Crippen LogP contribution in [0.2, 0.25) is 0 Å². The van der Waals surface area contributed by atoms with Crippen LogP contribution in [0.4, 0.5) is 11.6 Å². The minimum Gasteiger partial charge on any atom is -0.450 e. The predicted molar refractivity (Wildman–Crippen MR) is 96.4 cm³/mol. The van der Waals surface area contributed by atoms with Crippen molar-refractivity contribution in [2.45, 2.75) is 38.1 Å². The Bertz CT molecular complexity index is 811. The Morgan fingerprint density at radius 1 is 1.11 bits per heavy atom. The van der Waals surface area contributed by atoms with Crippen molar-refractivity contribution in [1.29, 1.82) is 0 Å². The van der Waals surface area contributed by atoms with Crippen LogP contribution in [0.3, 0.4) is 0 Å². The number of carbonyl (C=O) groups is 2. The molecule has 0 bridgehead atoms. The molecule has 27 heavy (non-hydrogen) atoms. The van der Waals surface area contributed by atoms with Crippen molar-refractivity contribution in [3.63, 3.8) is 0 Å². The Morgan fingerprint density at radius 3 is 2.44 bits per heavy atom. The number of carbonyl (C=O) groups excluding carboxylic acids is 2. The van der Waals surface area contributed by atoms with Gasteiger partial charge in [-0.05, 0) is 31.0 Å². The Labute approximate surface area is 155 Å². The molecule has 1 fully saturated rings. The van der Waals surface area contributed by atoms with E-state index in [9.17, 15) is 19.7 Å². The zero-order valence-electron chi connectivity index (χ0n) is 14.7. The summed E-state index contributed by atoms with van der Waals surface area (Å²) in [5, 5.41) is 10.6. The standard InChI is InChI=1S/C19H20N2O6/c22-17(13-26-19(23)16-11-12-18(27-16)21(24)25)20(14-7-3-1-4-8-14)15-9-5-2-6-10-15/h1,3-4,7-8,11-12,15H,2,5-6,9-10,13H2. The Kier molecular flexibility index (Phi) is 5.85. The number of anilines is 1. The van der Waals surface area contributed by atoms with E-state index in [4.69, 9.17) is 9.15 Å². The molecule has 2 aromatic rings. The maximum atomic E-state index is 12.8. The zero-order valence-corrected chi connectivity index (χ0v) is 14.7.